The summed E-state index contributed by atoms with van der Waals surface area (Å²) in [5, 5.41) is 35.2. The number of nitrogens with one attached hydrogen (secondary N) is 1. The van der Waals surface area contributed by atoms with Gasteiger partial charge in [0.25, 0.3) is 0 Å². The molecule has 1 aliphatic carbocycles. The van der Waals surface area contributed by atoms with Crippen molar-refractivity contribution >= 4 is 5.78 Å². The monoisotopic (exact) mass is 317 g/mol. The van der Waals surface area contributed by atoms with Crippen molar-refractivity contribution in [3.05, 3.63) is 35.4 Å². The molecular formula is C18H23NO4. The average Bonchev–Trinajstić information content (AvgIpc) is 2.52. The topological polar surface area (TPSA) is 89.8 Å². The lowest BCUT2D eigenvalue weighted by molar-refractivity contribution is -0.123. The van der Waals surface area contributed by atoms with Gasteiger partial charge in [0.2, 0.25) is 0 Å². The number of aryl methyl sites for hydroxylation is 1. The van der Waals surface area contributed by atoms with Crippen molar-refractivity contribution in [2.45, 2.75) is 50.2 Å². The summed E-state index contributed by atoms with van der Waals surface area (Å²) >= 11 is 0. The molecule has 4 N–H and O–H groups in total. The lowest BCUT2D eigenvalue weighted by atomic mass is 9.55. The molecule has 3 unspecified atom stereocenters. The molecule has 1 saturated heterocycles. The van der Waals surface area contributed by atoms with Crippen LogP contribution in [0.25, 0.3) is 0 Å². The first-order valence-corrected chi connectivity index (χ1v) is 8.08. The van der Waals surface area contributed by atoms with Gasteiger partial charge in [-0.3, -0.25) is 4.79 Å². The van der Waals surface area contributed by atoms with Crippen LogP contribution in [0.4, 0.5) is 0 Å². The standard InChI is InChI=1S/C18H23NO4/c1-3-12-4-5-14(21)16(22)15(12)17-8-9-19-11(2)18(17,23)7-6-13(20)10-17/h4-7,11,19,21-23H,3,8-10H2,1-2H3. The molecule has 1 heterocycles. The number of phenolic OH excluding ortho intramolecular Hbond substituents is 2. The molecule has 3 atom stereocenters. The molecule has 124 valence electrons. The zero-order valence-electron chi connectivity index (χ0n) is 13.5. The van der Waals surface area contributed by atoms with Gasteiger partial charge >= 0.3 is 0 Å². The van der Waals surface area contributed by atoms with Crippen LogP contribution >= 0.6 is 0 Å². The summed E-state index contributed by atoms with van der Waals surface area (Å²) in [6, 6.07) is 2.94. The Labute approximate surface area is 135 Å². The SMILES string of the molecule is CCc1ccc(O)c(O)c1C12CCNC(C)C1(O)C=CC(=O)C2. The fourth-order valence-electron chi connectivity index (χ4n) is 4.25. The van der Waals surface area contributed by atoms with Crippen LogP contribution in [0.2, 0.25) is 0 Å². The largest absolute Gasteiger partial charge is 0.504 e. The Hall–Kier alpha value is -1.85. The summed E-state index contributed by atoms with van der Waals surface area (Å²) in [6.45, 7) is 4.46. The van der Waals surface area contributed by atoms with Gasteiger partial charge in [-0.2, -0.15) is 0 Å². The predicted octanol–water partition coefficient (Wildman–Crippen LogP) is 1.54. The van der Waals surface area contributed by atoms with E-state index in [4.69, 9.17) is 0 Å². The Balaban J connectivity index is 2.33. The van der Waals surface area contributed by atoms with E-state index in [1.54, 1.807) is 12.1 Å². The fourth-order valence-corrected chi connectivity index (χ4v) is 4.25. The number of rotatable bonds is 2. The van der Waals surface area contributed by atoms with Gasteiger partial charge in [0.05, 0.1) is 0 Å². The van der Waals surface area contributed by atoms with Gasteiger partial charge in [0.1, 0.15) is 5.60 Å². The number of carbonyl (C=O) groups is 1. The number of piperidine rings is 1. The average molecular weight is 317 g/mol. The van der Waals surface area contributed by atoms with Crippen molar-refractivity contribution in [3.63, 3.8) is 0 Å². The number of allylic oxidation sites excluding steroid dienone is 1. The van der Waals surface area contributed by atoms with Crippen LogP contribution in [0, 0.1) is 0 Å². The second kappa shape index (κ2) is 5.35. The summed E-state index contributed by atoms with van der Waals surface area (Å²) in [5.41, 5.74) is -0.879. The van der Waals surface area contributed by atoms with E-state index in [1.165, 1.54) is 12.1 Å². The Morgan fingerprint density at radius 2 is 2.09 bits per heavy atom. The molecule has 5 nitrogen and oxygen atoms in total. The number of phenols is 2. The van der Waals surface area contributed by atoms with E-state index in [9.17, 15) is 20.1 Å². The number of carbonyl (C=O) groups excluding carboxylic acids is 1. The van der Waals surface area contributed by atoms with Crippen molar-refractivity contribution in [1.82, 2.24) is 5.32 Å². The Morgan fingerprint density at radius 3 is 2.78 bits per heavy atom. The minimum absolute atomic E-state index is 0.0754. The molecule has 0 spiro atoms. The quantitative estimate of drug-likeness (QED) is 0.621. The summed E-state index contributed by atoms with van der Waals surface area (Å²) in [6.07, 6.45) is 4.25. The molecular weight excluding hydrogens is 294 g/mol. The van der Waals surface area contributed by atoms with E-state index >= 15 is 0 Å². The highest BCUT2D eigenvalue weighted by molar-refractivity contribution is 5.93. The van der Waals surface area contributed by atoms with Gasteiger partial charge in [0, 0.05) is 23.4 Å². The van der Waals surface area contributed by atoms with Crippen LogP contribution < -0.4 is 5.32 Å². The van der Waals surface area contributed by atoms with Crippen LogP contribution in [0.15, 0.2) is 24.3 Å². The molecule has 2 aliphatic rings. The van der Waals surface area contributed by atoms with Crippen molar-refractivity contribution in [1.29, 1.82) is 0 Å². The van der Waals surface area contributed by atoms with Crippen LogP contribution in [-0.4, -0.2) is 39.3 Å². The second-order valence-electron chi connectivity index (χ2n) is 6.63. The van der Waals surface area contributed by atoms with Crippen molar-refractivity contribution in [2.75, 3.05) is 6.54 Å². The zero-order chi connectivity index (χ0) is 16.8. The molecule has 0 aromatic heterocycles. The molecule has 5 heteroatoms. The van der Waals surface area contributed by atoms with Crippen LogP contribution in [-0.2, 0) is 16.6 Å². The number of benzene rings is 1. The van der Waals surface area contributed by atoms with Crippen LogP contribution in [0.3, 0.4) is 0 Å². The number of aromatic hydroxyl groups is 2. The van der Waals surface area contributed by atoms with Gasteiger partial charge in [-0.05, 0) is 50.1 Å². The van der Waals surface area contributed by atoms with E-state index < -0.39 is 11.0 Å². The number of ketones is 1. The van der Waals surface area contributed by atoms with Gasteiger partial charge in [-0.1, -0.05) is 13.0 Å². The van der Waals surface area contributed by atoms with E-state index in [0.717, 1.165) is 5.56 Å². The van der Waals surface area contributed by atoms with E-state index in [2.05, 4.69) is 5.32 Å². The molecule has 23 heavy (non-hydrogen) atoms. The van der Waals surface area contributed by atoms with Crippen molar-refractivity contribution < 1.29 is 20.1 Å². The van der Waals surface area contributed by atoms with Gasteiger partial charge in [-0.25, -0.2) is 0 Å². The maximum absolute atomic E-state index is 12.2. The minimum Gasteiger partial charge on any atom is -0.504 e. The molecule has 3 rings (SSSR count). The van der Waals surface area contributed by atoms with Crippen LogP contribution in [0.1, 0.15) is 37.8 Å². The first kappa shape index (κ1) is 16.0. The van der Waals surface area contributed by atoms with E-state index in [0.29, 0.717) is 24.9 Å². The highest BCUT2D eigenvalue weighted by Crippen LogP contribution is 2.54. The van der Waals surface area contributed by atoms with Crippen molar-refractivity contribution in [2.24, 2.45) is 0 Å². The molecule has 1 aromatic rings. The summed E-state index contributed by atoms with van der Waals surface area (Å²) < 4.78 is 0. The molecule has 0 bridgehead atoms. The summed E-state index contributed by atoms with van der Waals surface area (Å²) in [4.78, 5) is 12.2. The number of aliphatic hydroxyl groups is 1. The lowest BCUT2D eigenvalue weighted by Gasteiger charge is -2.55. The maximum atomic E-state index is 12.2. The smallest absolute Gasteiger partial charge is 0.161 e. The van der Waals surface area contributed by atoms with E-state index in [-0.39, 0.29) is 29.7 Å². The molecule has 0 amide bonds. The lowest BCUT2D eigenvalue weighted by Crippen LogP contribution is -2.67. The first-order valence-electron chi connectivity index (χ1n) is 8.08. The van der Waals surface area contributed by atoms with Gasteiger partial charge in [0.15, 0.2) is 17.3 Å². The fraction of sp³-hybridized carbons (Fsp3) is 0.500. The van der Waals surface area contributed by atoms with Gasteiger partial charge in [-0.15, -0.1) is 0 Å². The third kappa shape index (κ3) is 2.11. The molecule has 0 radical (unpaired) electrons. The molecule has 0 saturated carbocycles. The number of fused-ring (bicyclic) bond motifs is 1. The maximum Gasteiger partial charge on any atom is 0.161 e. The Kier molecular flexibility index (Phi) is 3.73. The Bertz CT molecular complexity index is 684. The first-order chi connectivity index (χ1) is 10.9. The Morgan fingerprint density at radius 1 is 1.35 bits per heavy atom. The third-order valence-electron chi connectivity index (χ3n) is 5.53. The predicted molar refractivity (Wildman–Crippen MR) is 86.6 cm³/mol. The highest BCUT2D eigenvalue weighted by Gasteiger charge is 2.59. The molecule has 1 aliphatic heterocycles. The minimum atomic E-state index is -1.30. The molecule has 1 fully saturated rings. The third-order valence-corrected chi connectivity index (χ3v) is 5.53. The van der Waals surface area contributed by atoms with E-state index in [1.807, 2.05) is 13.8 Å². The number of hydrogen-bond acceptors (Lipinski definition) is 5. The number of hydrogen-bond donors (Lipinski definition) is 4. The van der Waals surface area contributed by atoms with Crippen molar-refractivity contribution in [3.8, 4) is 11.5 Å². The summed E-state index contributed by atoms with van der Waals surface area (Å²) in [7, 11) is 0. The molecule has 1 aromatic carbocycles. The zero-order valence-corrected chi connectivity index (χ0v) is 13.5. The highest BCUT2D eigenvalue weighted by atomic mass is 16.3. The summed E-state index contributed by atoms with van der Waals surface area (Å²) in [5.74, 6) is -0.518. The second-order valence-corrected chi connectivity index (χ2v) is 6.63. The van der Waals surface area contributed by atoms with Crippen LogP contribution in [0.5, 0.6) is 11.5 Å². The van der Waals surface area contributed by atoms with Gasteiger partial charge < -0.3 is 20.6 Å². The normalized spacial score (nSPS) is 33.5.